The lowest BCUT2D eigenvalue weighted by molar-refractivity contribution is -0.121. The lowest BCUT2D eigenvalue weighted by Gasteiger charge is -2.23. The Bertz CT molecular complexity index is 449. The van der Waals surface area contributed by atoms with Crippen LogP contribution in [0.3, 0.4) is 0 Å². The van der Waals surface area contributed by atoms with Crippen LogP contribution >= 0.6 is 0 Å². The monoisotopic (exact) mass is 292 g/mol. The molecule has 2 heterocycles. The Kier molecular flexibility index (Phi) is 6.23. The Labute approximate surface area is 127 Å². The van der Waals surface area contributed by atoms with Gasteiger partial charge in [0.1, 0.15) is 0 Å². The van der Waals surface area contributed by atoms with Crippen molar-refractivity contribution in [2.75, 3.05) is 13.1 Å². The zero-order valence-corrected chi connectivity index (χ0v) is 13.3. The summed E-state index contributed by atoms with van der Waals surface area (Å²) in [6, 6.07) is 2.62. The summed E-state index contributed by atoms with van der Waals surface area (Å²) in [7, 11) is 0. The number of rotatable bonds is 7. The van der Waals surface area contributed by atoms with Crippen LogP contribution in [0.2, 0.25) is 0 Å². The third-order valence-corrected chi connectivity index (χ3v) is 4.10. The second-order valence-corrected chi connectivity index (χ2v) is 6.04. The smallest absolute Gasteiger partial charge is 0.220 e. The van der Waals surface area contributed by atoms with Crippen LogP contribution in [-0.4, -0.2) is 34.8 Å². The van der Waals surface area contributed by atoms with E-state index < -0.39 is 0 Å². The maximum atomic E-state index is 11.8. The van der Waals surface area contributed by atoms with Crippen molar-refractivity contribution in [2.24, 2.45) is 0 Å². The molecule has 21 heavy (non-hydrogen) atoms. The molecule has 1 atom stereocenters. The number of carbonyl (C=O) groups excluding carboxylic acids is 1. The average molecular weight is 292 g/mol. The predicted molar refractivity (Wildman–Crippen MR) is 84.2 cm³/mol. The Hall–Kier alpha value is -1.36. The fourth-order valence-electron chi connectivity index (χ4n) is 2.92. The Morgan fingerprint density at radius 1 is 1.48 bits per heavy atom. The number of amides is 1. The minimum absolute atomic E-state index is 0.177. The SMILES string of the molecule is Cc1cc(C)n(CCCNC(=O)CCC2CCCCN2)n1. The Balaban J connectivity index is 1.55. The van der Waals surface area contributed by atoms with E-state index in [1.807, 2.05) is 11.6 Å². The number of hydrogen-bond donors (Lipinski definition) is 2. The number of piperidine rings is 1. The molecule has 1 aliphatic heterocycles. The molecule has 118 valence electrons. The van der Waals surface area contributed by atoms with E-state index in [1.165, 1.54) is 25.0 Å². The van der Waals surface area contributed by atoms with Gasteiger partial charge in [-0.2, -0.15) is 5.10 Å². The van der Waals surface area contributed by atoms with Crippen molar-refractivity contribution in [3.8, 4) is 0 Å². The number of aryl methyl sites for hydroxylation is 3. The van der Waals surface area contributed by atoms with E-state index in [0.717, 1.165) is 38.2 Å². The largest absolute Gasteiger partial charge is 0.356 e. The third kappa shape index (κ3) is 5.50. The molecule has 5 nitrogen and oxygen atoms in total. The van der Waals surface area contributed by atoms with Crippen LogP contribution in [0.1, 0.15) is 49.9 Å². The highest BCUT2D eigenvalue weighted by atomic mass is 16.1. The number of aromatic nitrogens is 2. The van der Waals surface area contributed by atoms with Crippen LogP contribution < -0.4 is 10.6 Å². The molecule has 1 aliphatic rings. The molecular weight excluding hydrogens is 264 g/mol. The molecule has 0 saturated carbocycles. The highest BCUT2D eigenvalue weighted by molar-refractivity contribution is 5.75. The molecule has 1 aromatic heterocycles. The summed E-state index contributed by atoms with van der Waals surface area (Å²) in [5.41, 5.74) is 2.23. The fourth-order valence-corrected chi connectivity index (χ4v) is 2.92. The zero-order valence-electron chi connectivity index (χ0n) is 13.3. The van der Waals surface area contributed by atoms with Gasteiger partial charge in [0.25, 0.3) is 0 Å². The summed E-state index contributed by atoms with van der Waals surface area (Å²) >= 11 is 0. The van der Waals surface area contributed by atoms with E-state index in [0.29, 0.717) is 12.5 Å². The molecule has 5 heteroatoms. The minimum atomic E-state index is 0.177. The van der Waals surface area contributed by atoms with Gasteiger partial charge >= 0.3 is 0 Å². The molecule has 1 fully saturated rings. The van der Waals surface area contributed by atoms with Gasteiger partial charge in [-0.05, 0) is 52.1 Å². The van der Waals surface area contributed by atoms with Crippen molar-refractivity contribution in [1.82, 2.24) is 20.4 Å². The molecule has 1 saturated heterocycles. The molecule has 1 aromatic rings. The average Bonchev–Trinajstić information content (AvgIpc) is 2.80. The topological polar surface area (TPSA) is 59.0 Å². The summed E-state index contributed by atoms with van der Waals surface area (Å²) < 4.78 is 2.01. The van der Waals surface area contributed by atoms with Crippen molar-refractivity contribution in [3.05, 3.63) is 17.5 Å². The van der Waals surface area contributed by atoms with E-state index >= 15 is 0 Å². The highest BCUT2D eigenvalue weighted by Gasteiger charge is 2.13. The van der Waals surface area contributed by atoms with E-state index in [1.54, 1.807) is 0 Å². The number of nitrogens with zero attached hydrogens (tertiary/aromatic N) is 2. The van der Waals surface area contributed by atoms with Gasteiger partial charge in [0, 0.05) is 31.2 Å². The Morgan fingerprint density at radius 3 is 3.00 bits per heavy atom. The first-order valence-electron chi connectivity index (χ1n) is 8.16. The van der Waals surface area contributed by atoms with Gasteiger partial charge in [0.05, 0.1) is 5.69 Å². The van der Waals surface area contributed by atoms with Gasteiger partial charge < -0.3 is 10.6 Å². The first-order valence-corrected chi connectivity index (χ1v) is 8.16. The lowest BCUT2D eigenvalue weighted by atomic mass is 10.0. The van der Waals surface area contributed by atoms with Crippen LogP contribution in [0.4, 0.5) is 0 Å². The predicted octanol–water partition coefficient (Wildman–Crippen LogP) is 1.93. The van der Waals surface area contributed by atoms with Crippen molar-refractivity contribution < 1.29 is 4.79 Å². The molecule has 0 spiro atoms. The molecule has 2 rings (SSSR count). The molecule has 0 radical (unpaired) electrons. The standard InChI is InChI=1S/C16H28N4O/c1-13-12-14(2)20(19-13)11-5-10-18-16(21)8-7-15-6-3-4-9-17-15/h12,15,17H,3-11H2,1-2H3,(H,18,21). The van der Waals surface area contributed by atoms with Crippen molar-refractivity contribution in [2.45, 2.75) is 65.0 Å². The summed E-state index contributed by atoms with van der Waals surface area (Å²) in [4.78, 5) is 11.8. The van der Waals surface area contributed by atoms with Gasteiger partial charge in [0.15, 0.2) is 0 Å². The summed E-state index contributed by atoms with van der Waals surface area (Å²) in [5, 5.41) is 10.9. The van der Waals surface area contributed by atoms with E-state index in [4.69, 9.17) is 0 Å². The molecule has 0 aromatic carbocycles. The van der Waals surface area contributed by atoms with Crippen LogP contribution in [0.5, 0.6) is 0 Å². The van der Waals surface area contributed by atoms with Crippen molar-refractivity contribution in [1.29, 1.82) is 0 Å². The number of hydrogen-bond acceptors (Lipinski definition) is 3. The molecular formula is C16H28N4O. The summed E-state index contributed by atoms with van der Waals surface area (Å²) in [5.74, 6) is 0.177. The van der Waals surface area contributed by atoms with Crippen molar-refractivity contribution in [3.63, 3.8) is 0 Å². The Morgan fingerprint density at radius 2 is 2.33 bits per heavy atom. The molecule has 1 unspecified atom stereocenters. The number of nitrogens with one attached hydrogen (secondary N) is 2. The zero-order chi connectivity index (χ0) is 15.1. The highest BCUT2D eigenvalue weighted by Crippen LogP contribution is 2.11. The molecule has 2 N–H and O–H groups in total. The number of carbonyl (C=O) groups is 1. The summed E-state index contributed by atoms with van der Waals surface area (Å²) in [6.07, 6.45) is 6.30. The van der Waals surface area contributed by atoms with Crippen LogP contribution in [0.25, 0.3) is 0 Å². The maximum Gasteiger partial charge on any atom is 0.220 e. The maximum absolute atomic E-state index is 11.8. The van der Waals surface area contributed by atoms with Gasteiger partial charge in [-0.3, -0.25) is 9.48 Å². The van der Waals surface area contributed by atoms with E-state index in [9.17, 15) is 4.79 Å². The molecule has 0 aliphatic carbocycles. The quantitative estimate of drug-likeness (QED) is 0.755. The first kappa shape index (κ1) is 16.0. The van der Waals surface area contributed by atoms with E-state index in [-0.39, 0.29) is 5.91 Å². The van der Waals surface area contributed by atoms with Crippen LogP contribution in [0, 0.1) is 13.8 Å². The van der Waals surface area contributed by atoms with Crippen LogP contribution in [0.15, 0.2) is 6.07 Å². The van der Waals surface area contributed by atoms with E-state index in [2.05, 4.69) is 28.7 Å². The lowest BCUT2D eigenvalue weighted by Crippen LogP contribution is -2.35. The molecule has 0 bridgehead atoms. The third-order valence-electron chi connectivity index (χ3n) is 4.10. The minimum Gasteiger partial charge on any atom is -0.356 e. The second kappa shape index (κ2) is 8.17. The molecule has 1 amide bonds. The second-order valence-electron chi connectivity index (χ2n) is 6.04. The van der Waals surface area contributed by atoms with Crippen LogP contribution in [-0.2, 0) is 11.3 Å². The fraction of sp³-hybridized carbons (Fsp3) is 0.750. The normalized spacial score (nSPS) is 18.7. The van der Waals surface area contributed by atoms with Gasteiger partial charge in [-0.15, -0.1) is 0 Å². The first-order chi connectivity index (χ1) is 10.1. The summed E-state index contributed by atoms with van der Waals surface area (Å²) in [6.45, 7) is 6.77. The van der Waals surface area contributed by atoms with Gasteiger partial charge in [0.2, 0.25) is 5.91 Å². The van der Waals surface area contributed by atoms with Crippen molar-refractivity contribution >= 4 is 5.91 Å². The van der Waals surface area contributed by atoms with Gasteiger partial charge in [-0.1, -0.05) is 6.42 Å². The van der Waals surface area contributed by atoms with Gasteiger partial charge in [-0.25, -0.2) is 0 Å².